The topological polar surface area (TPSA) is 27.3 Å². The molecule has 20 heavy (non-hydrogen) atoms. The minimum absolute atomic E-state index is 0.646. The zero-order valence-electron chi connectivity index (χ0n) is 12.4. The van der Waals surface area contributed by atoms with Gasteiger partial charge in [-0.1, -0.05) is 18.6 Å². The minimum Gasteiger partial charge on any atom is -0.383 e. The number of piperidine rings is 1. The van der Waals surface area contributed by atoms with Crippen molar-refractivity contribution in [2.24, 2.45) is 0 Å². The summed E-state index contributed by atoms with van der Waals surface area (Å²) in [4.78, 5) is 2.55. The van der Waals surface area contributed by atoms with Crippen LogP contribution in [-0.2, 0) is 6.54 Å². The average molecular weight is 273 g/mol. The lowest BCUT2D eigenvalue weighted by molar-refractivity contribution is 0.331. The van der Waals surface area contributed by atoms with Crippen molar-refractivity contribution >= 4 is 5.69 Å². The van der Waals surface area contributed by atoms with Crippen molar-refractivity contribution in [2.75, 3.05) is 31.5 Å². The SMILES string of the molecule is c1cc(NCC2CCCCN2)ccc1CN1CCCC1. The fourth-order valence-electron chi connectivity index (χ4n) is 3.27. The van der Waals surface area contributed by atoms with E-state index < -0.39 is 0 Å². The number of rotatable bonds is 5. The number of likely N-dealkylation sites (tertiary alicyclic amines) is 1. The molecule has 0 aliphatic carbocycles. The zero-order valence-corrected chi connectivity index (χ0v) is 12.4. The maximum Gasteiger partial charge on any atom is 0.0340 e. The van der Waals surface area contributed by atoms with Crippen molar-refractivity contribution in [1.29, 1.82) is 0 Å². The predicted octanol–water partition coefficient (Wildman–Crippen LogP) is 2.84. The van der Waals surface area contributed by atoms with Crippen molar-refractivity contribution in [3.8, 4) is 0 Å². The van der Waals surface area contributed by atoms with Gasteiger partial charge in [0.15, 0.2) is 0 Å². The summed E-state index contributed by atoms with van der Waals surface area (Å²) in [7, 11) is 0. The fraction of sp³-hybridized carbons (Fsp3) is 0.647. The van der Waals surface area contributed by atoms with Gasteiger partial charge in [-0.3, -0.25) is 4.90 Å². The van der Waals surface area contributed by atoms with E-state index >= 15 is 0 Å². The molecule has 0 saturated carbocycles. The van der Waals surface area contributed by atoms with E-state index in [0.717, 1.165) is 13.1 Å². The Labute approximate surface area is 122 Å². The molecular formula is C17H27N3. The van der Waals surface area contributed by atoms with Crippen LogP contribution in [0.3, 0.4) is 0 Å². The van der Waals surface area contributed by atoms with Crippen LogP contribution in [0.5, 0.6) is 0 Å². The highest BCUT2D eigenvalue weighted by molar-refractivity contribution is 5.44. The standard InChI is InChI=1S/C17H27N3/c1-2-10-18-17(5-1)13-19-16-8-6-15(7-9-16)14-20-11-3-4-12-20/h6-9,17-19H,1-5,10-14H2. The largest absolute Gasteiger partial charge is 0.383 e. The van der Waals surface area contributed by atoms with Gasteiger partial charge in [-0.2, -0.15) is 0 Å². The highest BCUT2D eigenvalue weighted by Crippen LogP contribution is 2.15. The highest BCUT2D eigenvalue weighted by atomic mass is 15.1. The Balaban J connectivity index is 1.45. The summed E-state index contributed by atoms with van der Waals surface area (Å²) in [6.45, 7) is 5.89. The first kappa shape index (κ1) is 13.9. The average Bonchev–Trinajstić information content (AvgIpc) is 3.01. The highest BCUT2D eigenvalue weighted by Gasteiger charge is 2.13. The van der Waals surface area contributed by atoms with Gasteiger partial charge in [-0.15, -0.1) is 0 Å². The molecule has 110 valence electrons. The van der Waals surface area contributed by atoms with Gasteiger partial charge in [0.25, 0.3) is 0 Å². The molecule has 1 unspecified atom stereocenters. The molecule has 2 heterocycles. The Morgan fingerprint density at radius 3 is 2.55 bits per heavy atom. The van der Waals surface area contributed by atoms with E-state index in [-0.39, 0.29) is 0 Å². The molecule has 2 aliphatic rings. The minimum atomic E-state index is 0.646. The van der Waals surface area contributed by atoms with Crippen molar-refractivity contribution in [2.45, 2.75) is 44.7 Å². The van der Waals surface area contributed by atoms with Crippen molar-refractivity contribution < 1.29 is 0 Å². The molecule has 0 amide bonds. The summed E-state index contributed by atoms with van der Waals surface area (Å²) in [5.41, 5.74) is 2.69. The van der Waals surface area contributed by atoms with Gasteiger partial charge in [0.1, 0.15) is 0 Å². The molecule has 1 aromatic carbocycles. The summed E-state index contributed by atoms with van der Waals surface area (Å²) in [5.74, 6) is 0. The van der Waals surface area contributed by atoms with Crippen molar-refractivity contribution in [3.63, 3.8) is 0 Å². The first-order chi connectivity index (χ1) is 9.90. The fourth-order valence-corrected chi connectivity index (χ4v) is 3.27. The lowest BCUT2D eigenvalue weighted by atomic mass is 10.1. The Bertz CT molecular complexity index is 389. The third kappa shape index (κ3) is 3.97. The van der Waals surface area contributed by atoms with Crippen molar-refractivity contribution in [3.05, 3.63) is 29.8 Å². The molecule has 2 saturated heterocycles. The summed E-state index contributed by atoms with van der Waals surface area (Å²) in [5, 5.41) is 7.14. The normalized spacial score (nSPS) is 23.9. The summed E-state index contributed by atoms with van der Waals surface area (Å²) in [6, 6.07) is 9.65. The smallest absolute Gasteiger partial charge is 0.0340 e. The predicted molar refractivity (Wildman–Crippen MR) is 85.1 cm³/mol. The van der Waals surface area contributed by atoms with E-state index in [1.807, 2.05) is 0 Å². The molecule has 0 spiro atoms. The van der Waals surface area contributed by atoms with Gasteiger partial charge in [0.2, 0.25) is 0 Å². The van der Waals surface area contributed by atoms with E-state index in [1.54, 1.807) is 0 Å². The zero-order chi connectivity index (χ0) is 13.6. The second-order valence-corrected chi connectivity index (χ2v) is 6.21. The van der Waals surface area contributed by atoms with Crippen LogP contribution in [0, 0.1) is 0 Å². The summed E-state index contributed by atoms with van der Waals surface area (Å²) < 4.78 is 0. The monoisotopic (exact) mass is 273 g/mol. The van der Waals surface area contributed by atoms with Gasteiger partial charge in [0.05, 0.1) is 0 Å². The van der Waals surface area contributed by atoms with E-state index in [1.165, 1.54) is 63.0 Å². The van der Waals surface area contributed by atoms with Gasteiger partial charge < -0.3 is 10.6 Å². The third-order valence-corrected chi connectivity index (χ3v) is 4.52. The maximum absolute atomic E-state index is 3.58. The van der Waals surface area contributed by atoms with Crippen LogP contribution >= 0.6 is 0 Å². The molecule has 2 fully saturated rings. The van der Waals surface area contributed by atoms with Crippen LogP contribution in [0.1, 0.15) is 37.7 Å². The van der Waals surface area contributed by atoms with E-state index in [0.29, 0.717) is 6.04 Å². The molecule has 2 N–H and O–H groups in total. The molecule has 1 aromatic rings. The van der Waals surface area contributed by atoms with Gasteiger partial charge in [-0.25, -0.2) is 0 Å². The number of hydrogen-bond donors (Lipinski definition) is 2. The second kappa shape index (κ2) is 7.09. The van der Waals surface area contributed by atoms with Crippen molar-refractivity contribution in [1.82, 2.24) is 10.2 Å². The Morgan fingerprint density at radius 2 is 1.85 bits per heavy atom. The quantitative estimate of drug-likeness (QED) is 0.864. The molecule has 0 radical (unpaired) electrons. The Hall–Kier alpha value is -1.06. The molecule has 2 aliphatic heterocycles. The van der Waals surface area contributed by atoms with E-state index in [2.05, 4.69) is 39.8 Å². The first-order valence-electron chi connectivity index (χ1n) is 8.19. The molecule has 3 heteroatoms. The van der Waals surface area contributed by atoms with Crippen LogP contribution in [0.4, 0.5) is 5.69 Å². The molecule has 1 atom stereocenters. The van der Waals surface area contributed by atoms with Gasteiger partial charge in [0, 0.05) is 24.8 Å². The number of nitrogens with one attached hydrogen (secondary N) is 2. The lowest BCUT2D eigenvalue weighted by Crippen LogP contribution is -2.39. The Kier molecular flexibility index (Phi) is 4.93. The van der Waals surface area contributed by atoms with E-state index in [9.17, 15) is 0 Å². The number of anilines is 1. The van der Waals surface area contributed by atoms with Crippen LogP contribution < -0.4 is 10.6 Å². The lowest BCUT2D eigenvalue weighted by Gasteiger charge is -2.24. The number of benzene rings is 1. The summed E-state index contributed by atoms with van der Waals surface area (Å²) >= 11 is 0. The summed E-state index contributed by atoms with van der Waals surface area (Å²) in [6.07, 6.45) is 6.75. The maximum atomic E-state index is 3.58. The molecule has 3 rings (SSSR count). The van der Waals surface area contributed by atoms with Gasteiger partial charge in [-0.05, 0) is 63.0 Å². The molecule has 0 bridgehead atoms. The number of nitrogens with zero attached hydrogens (tertiary/aromatic N) is 1. The first-order valence-corrected chi connectivity index (χ1v) is 8.19. The molecular weight excluding hydrogens is 246 g/mol. The van der Waals surface area contributed by atoms with Crippen LogP contribution in [0.2, 0.25) is 0 Å². The molecule has 3 nitrogen and oxygen atoms in total. The third-order valence-electron chi connectivity index (χ3n) is 4.52. The van der Waals surface area contributed by atoms with Crippen LogP contribution in [-0.4, -0.2) is 37.1 Å². The van der Waals surface area contributed by atoms with Gasteiger partial charge >= 0.3 is 0 Å². The Morgan fingerprint density at radius 1 is 1.05 bits per heavy atom. The van der Waals surface area contributed by atoms with Crippen LogP contribution in [0.25, 0.3) is 0 Å². The van der Waals surface area contributed by atoms with E-state index in [4.69, 9.17) is 0 Å². The second-order valence-electron chi connectivity index (χ2n) is 6.21. The molecule has 0 aromatic heterocycles. The number of hydrogen-bond acceptors (Lipinski definition) is 3. The van der Waals surface area contributed by atoms with Crippen LogP contribution in [0.15, 0.2) is 24.3 Å².